The summed E-state index contributed by atoms with van der Waals surface area (Å²) in [4.78, 5) is 9.26. The molecule has 19 heavy (non-hydrogen) atoms. The van der Waals surface area contributed by atoms with Gasteiger partial charge in [-0.3, -0.25) is 9.97 Å². The molecule has 0 aliphatic rings. The molecular weight excluding hydrogens is 293 g/mol. The van der Waals surface area contributed by atoms with Crippen LogP contribution in [0.4, 0.5) is 13.2 Å². The monoisotopic (exact) mass is 302 g/mol. The first-order chi connectivity index (χ1) is 8.99. The molecule has 2 heterocycles. The average molecular weight is 302 g/mol. The van der Waals surface area contributed by atoms with Crippen molar-refractivity contribution in [2.75, 3.05) is 6.26 Å². The molecule has 7 heteroatoms. The molecule has 0 atom stereocenters. The zero-order valence-electron chi connectivity index (χ0n) is 9.81. The molecule has 100 valence electrons. The first-order valence-corrected chi connectivity index (χ1v) is 7.25. The maximum atomic E-state index is 12.2. The van der Waals surface area contributed by atoms with Crippen LogP contribution in [0.25, 0.3) is 11.4 Å². The predicted molar refractivity (Wildman–Crippen MR) is 71.2 cm³/mol. The Balaban J connectivity index is 2.27. The number of hydrogen-bond acceptors (Lipinski definition) is 4. The highest BCUT2D eigenvalue weighted by Gasteiger charge is 2.29. The molecule has 0 aliphatic carbocycles. The van der Waals surface area contributed by atoms with E-state index in [0.717, 1.165) is 4.90 Å². The van der Waals surface area contributed by atoms with Gasteiger partial charge in [0.2, 0.25) is 0 Å². The summed E-state index contributed by atoms with van der Waals surface area (Å²) < 4.78 is 36.6. The maximum Gasteiger partial charge on any atom is 0.446 e. The summed E-state index contributed by atoms with van der Waals surface area (Å²) in [7, 11) is 0. The molecule has 2 nitrogen and oxygen atoms in total. The minimum atomic E-state index is -4.29. The van der Waals surface area contributed by atoms with E-state index in [-0.39, 0.29) is 16.7 Å². The van der Waals surface area contributed by atoms with Gasteiger partial charge in [-0.05, 0) is 42.3 Å². The van der Waals surface area contributed by atoms with Crippen LogP contribution in [-0.2, 0) is 0 Å². The average Bonchev–Trinajstić information content (AvgIpc) is 2.38. The van der Waals surface area contributed by atoms with Crippen LogP contribution < -0.4 is 0 Å². The molecule has 0 aliphatic heterocycles. The third kappa shape index (κ3) is 3.87. The fourth-order valence-corrected chi connectivity index (χ4v) is 2.54. The number of pyridine rings is 2. The quantitative estimate of drug-likeness (QED) is 0.781. The Hall–Kier alpha value is -1.21. The standard InChI is InChI=1S/C12H9F3N2S2/c1-18-10-3-2-6-16-11(10)9-5-4-8(7-17-9)19-12(13,14)15/h2-7H,1H3. The van der Waals surface area contributed by atoms with E-state index in [9.17, 15) is 13.2 Å². The topological polar surface area (TPSA) is 25.8 Å². The van der Waals surface area contributed by atoms with Gasteiger partial charge < -0.3 is 0 Å². The van der Waals surface area contributed by atoms with Gasteiger partial charge in [0.25, 0.3) is 0 Å². The van der Waals surface area contributed by atoms with E-state index in [4.69, 9.17) is 0 Å². The summed E-state index contributed by atoms with van der Waals surface area (Å²) in [5.74, 6) is 0. The van der Waals surface area contributed by atoms with E-state index < -0.39 is 5.51 Å². The molecule has 0 bridgehead atoms. The summed E-state index contributed by atoms with van der Waals surface area (Å²) in [6, 6.07) is 6.66. The molecule has 2 aromatic rings. The Bertz CT molecular complexity index is 556. The summed E-state index contributed by atoms with van der Waals surface area (Å²) in [6.45, 7) is 0. The smallest absolute Gasteiger partial charge is 0.253 e. The molecule has 0 saturated carbocycles. The van der Waals surface area contributed by atoms with Crippen molar-refractivity contribution in [3.63, 3.8) is 0 Å². The molecule has 0 unspecified atom stereocenters. The van der Waals surface area contributed by atoms with Crippen LogP contribution in [0.2, 0.25) is 0 Å². The summed E-state index contributed by atoms with van der Waals surface area (Å²) in [5, 5.41) is 0. The fourth-order valence-electron chi connectivity index (χ4n) is 1.46. The molecular formula is C12H9F3N2S2. The van der Waals surface area contributed by atoms with Crippen molar-refractivity contribution >= 4 is 23.5 Å². The van der Waals surface area contributed by atoms with Crippen LogP contribution in [0.15, 0.2) is 46.5 Å². The van der Waals surface area contributed by atoms with Gasteiger partial charge in [0.15, 0.2) is 0 Å². The van der Waals surface area contributed by atoms with Crippen LogP contribution in [0.5, 0.6) is 0 Å². The van der Waals surface area contributed by atoms with E-state index in [1.165, 1.54) is 24.0 Å². The Morgan fingerprint density at radius 3 is 2.47 bits per heavy atom. The molecule has 0 aromatic carbocycles. The summed E-state index contributed by atoms with van der Waals surface area (Å²) in [5.41, 5.74) is -3.05. The second-order valence-corrected chi connectivity index (χ2v) is 5.47. The number of aromatic nitrogens is 2. The molecule has 0 amide bonds. The summed E-state index contributed by atoms with van der Waals surface area (Å²) >= 11 is 1.34. The van der Waals surface area contributed by atoms with E-state index >= 15 is 0 Å². The third-order valence-electron chi connectivity index (χ3n) is 2.20. The zero-order valence-corrected chi connectivity index (χ0v) is 11.4. The normalized spacial score (nSPS) is 11.6. The highest BCUT2D eigenvalue weighted by Crippen LogP contribution is 2.37. The number of thioether (sulfide) groups is 2. The highest BCUT2D eigenvalue weighted by molar-refractivity contribution is 8.00. The van der Waals surface area contributed by atoms with Gasteiger partial charge in [-0.2, -0.15) is 13.2 Å². The van der Waals surface area contributed by atoms with E-state index in [0.29, 0.717) is 11.4 Å². The maximum absolute atomic E-state index is 12.2. The molecule has 0 saturated heterocycles. The number of rotatable bonds is 3. The lowest BCUT2D eigenvalue weighted by atomic mass is 10.2. The molecule has 0 radical (unpaired) electrons. The Morgan fingerprint density at radius 1 is 1.11 bits per heavy atom. The Labute approximate surface area is 116 Å². The van der Waals surface area contributed by atoms with Crippen LogP contribution in [0.3, 0.4) is 0 Å². The first kappa shape index (κ1) is 14.2. The minimum Gasteiger partial charge on any atom is -0.253 e. The van der Waals surface area contributed by atoms with E-state index in [1.807, 2.05) is 18.4 Å². The number of alkyl halides is 3. The molecule has 0 fully saturated rings. The summed E-state index contributed by atoms with van der Waals surface area (Å²) in [6.07, 6.45) is 4.76. The lowest BCUT2D eigenvalue weighted by molar-refractivity contribution is -0.0328. The first-order valence-electron chi connectivity index (χ1n) is 5.21. The second kappa shape index (κ2) is 5.83. The van der Waals surface area contributed by atoms with Crippen molar-refractivity contribution in [2.45, 2.75) is 15.3 Å². The third-order valence-corrected chi connectivity index (χ3v) is 3.68. The van der Waals surface area contributed by atoms with Gasteiger partial charge in [0.1, 0.15) is 5.69 Å². The number of halogens is 3. The van der Waals surface area contributed by atoms with Crippen molar-refractivity contribution in [2.24, 2.45) is 0 Å². The molecule has 0 spiro atoms. The van der Waals surface area contributed by atoms with Gasteiger partial charge in [-0.1, -0.05) is 0 Å². The van der Waals surface area contributed by atoms with Crippen molar-refractivity contribution in [3.8, 4) is 11.4 Å². The van der Waals surface area contributed by atoms with Gasteiger partial charge in [-0.15, -0.1) is 11.8 Å². The van der Waals surface area contributed by atoms with Gasteiger partial charge in [0, 0.05) is 22.2 Å². The molecule has 2 aromatic heterocycles. The van der Waals surface area contributed by atoms with Crippen molar-refractivity contribution in [1.29, 1.82) is 0 Å². The van der Waals surface area contributed by atoms with Crippen molar-refractivity contribution in [3.05, 3.63) is 36.7 Å². The van der Waals surface area contributed by atoms with Crippen molar-refractivity contribution < 1.29 is 13.2 Å². The molecule has 0 N–H and O–H groups in total. The second-order valence-electron chi connectivity index (χ2n) is 3.48. The van der Waals surface area contributed by atoms with Crippen LogP contribution in [0.1, 0.15) is 0 Å². The van der Waals surface area contributed by atoms with Crippen LogP contribution >= 0.6 is 23.5 Å². The fraction of sp³-hybridized carbons (Fsp3) is 0.167. The van der Waals surface area contributed by atoms with Gasteiger partial charge >= 0.3 is 5.51 Å². The largest absolute Gasteiger partial charge is 0.446 e. The van der Waals surface area contributed by atoms with Gasteiger partial charge in [0.05, 0.1) is 5.69 Å². The van der Waals surface area contributed by atoms with Gasteiger partial charge in [-0.25, -0.2) is 0 Å². The van der Waals surface area contributed by atoms with Crippen LogP contribution in [-0.4, -0.2) is 21.7 Å². The molecule has 2 rings (SSSR count). The zero-order chi connectivity index (χ0) is 13.9. The Kier molecular flexibility index (Phi) is 4.36. The van der Waals surface area contributed by atoms with Crippen molar-refractivity contribution in [1.82, 2.24) is 9.97 Å². The highest BCUT2D eigenvalue weighted by atomic mass is 32.2. The Morgan fingerprint density at radius 2 is 1.89 bits per heavy atom. The predicted octanol–water partition coefficient (Wildman–Crippen LogP) is 4.48. The van der Waals surface area contributed by atoms with E-state index in [1.54, 1.807) is 12.3 Å². The SMILES string of the molecule is CSc1cccnc1-c1ccc(SC(F)(F)F)cn1. The lowest BCUT2D eigenvalue weighted by Crippen LogP contribution is -1.99. The minimum absolute atomic E-state index is 0.0675. The number of hydrogen-bond donors (Lipinski definition) is 0. The van der Waals surface area contributed by atoms with Crippen LogP contribution in [0, 0.1) is 0 Å². The lowest BCUT2D eigenvalue weighted by Gasteiger charge is -2.07. The van der Waals surface area contributed by atoms with E-state index in [2.05, 4.69) is 9.97 Å². The number of nitrogens with zero attached hydrogens (tertiary/aromatic N) is 2.